The lowest BCUT2D eigenvalue weighted by Crippen LogP contribution is -2.31. The Labute approximate surface area is 105 Å². The van der Waals surface area contributed by atoms with Crippen LogP contribution in [-0.2, 0) is 17.2 Å². The van der Waals surface area contributed by atoms with Gasteiger partial charge < -0.3 is 10.5 Å². The molecular weight excluding hydrogens is 234 g/mol. The van der Waals surface area contributed by atoms with E-state index < -0.39 is 10.8 Å². The Morgan fingerprint density at radius 2 is 2.29 bits per heavy atom. The summed E-state index contributed by atoms with van der Waals surface area (Å²) in [5.41, 5.74) is 7.02. The average Bonchev–Trinajstić information content (AvgIpc) is 2.70. The maximum Gasteiger partial charge on any atom is 0.123 e. The summed E-state index contributed by atoms with van der Waals surface area (Å²) >= 11 is 0. The average molecular weight is 253 g/mol. The van der Waals surface area contributed by atoms with Crippen LogP contribution in [0.25, 0.3) is 0 Å². The molecule has 3 unspecified atom stereocenters. The fourth-order valence-electron chi connectivity index (χ4n) is 1.98. The lowest BCUT2D eigenvalue weighted by Gasteiger charge is -2.12. The summed E-state index contributed by atoms with van der Waals surface area (Å²) in [5.74, 6) is 2.10. The third kappa shape index (κ3) is 3.30. The van der Waals surface area contributed by atoms with Gasteiger partial charge >= 0.3 is 0 Å². The van der Waals surface area contributed by atoms with E-state index in [1.165, 1.54) is 5.56 Å². The van der Waals surface area contributed by atoms with E-state index in [-0.39, 0.29) is 12.1 Å². The zero-order chi connectivity index (χ0) is 12.3. The molecule has 1 heterocycles. The van der Waals surface area contributed by atoms with Gasteiger partial charge in [-0.05, 0) is 18.1 Å². The molecule has 4 heteroatoms. The molecule has 0 amide bonds. The summed E-state index contributed by atoms with van der Waals surface area (Å²) in [6.45, 7) is 2.02. The fourth-order valence-corrected chi connectivity index (χ4v) is 3.43. The van der Waals surface area contributed by atoms with Gasteiger partial charge in [0.05, 0.1) is 5.75 Å². The van der Waals surface area contributed by atoms with Crippen molar-refractivity contribution in [2.45, 2.75) is 31.9 Å². The highest BCUT2D eigenvalue weighted by atomic mass is 32.2. The van der Waals surface area contributed by atoms with Gasteiger partial charge in [-0.2, -0.15) is 0 Å². The number of para-hydroxylation sites is 1. The van der Waals surface area contributed by atoms with E-state index in [2.05, 4.69) is 6.07 Å². The Balaban J connectivity index is 1.85. The van der Waals surface area contributed by atoms with Crippen LogP contribution in [0.1, 0.15) is 18.9 Å². The molecule has 1 aliphatic rings. The van der Waals surface area contributed by atoms with E-state index in [9.17, 15) is 4.21 Å². The van der Waals surface area contributed by atoms with Crippen LogP contribution in [0.5, 0.6) is 5.75 Å². The van der Waals surface area contributed by atoms with Crippen LogP contribution in [-0.4, -0.2) is 27.9 Å². The van der Waals surface area contributed by atoms with Crippen LogP contribution in [0.2, 0.25) is 0 Å². The standard InChI is InChI=1S/C13H19NO2S/c1-2-11(14)8-17(15)9-12-7-10-5-3-4-6-13(10)16-12/h3-6,11-12H,2,7-9,14H2,1H3. The number of hydrogen-bond donors (Lipinski definition) is 1. The molecule has 2 N–H and O–H groups in total. The molecule has 0 spiro atoms. The molecule has 0 saturated heterocycles. The van der Waals surface area contributed by atoms with E-state index in [0.717, 1.165) is 18.6 Å². The summed E-state index contributed by atoms with van der Waals surface area (Å²) in [5, 5.41) is 0. The molecule has 2 rings (SSSR count). The number of ether oxygens (including phenoxy) is 1. The summed E-state index contributed by atoms with van der Waals surface area (Å²) in [6, 6.07) is 8.05. The van der Waals surface area contributed by atoms with Gasteiger partial charge in [0.15, 0.2) is 0 Å². The molecular formula is C13H19NO2S. The molecule has 1 aromatic rings. The first-order valence-electron chi connectivity index (χ1n) is 6.04. The maximum atomic E-state index is 11.9. The third-order valence-electron chi connectivity index (χ3n) is 3.01. The highest BCUT2D eigenvalue weighted by Crippen LogP contribution is 2.28. The van der Waals surface area contributed by atoms with Crippen molar-refractivity contribution < 1.29 is 8.95 Å². The van der Waals surface area contributed by atoms with E-state index in [1.807, 2.05) is 25.1 Å². The monoisotopic (exact) mass is 253 g/mol. The van der Waals surface area contributed by atoms with Gasteiger partial charge in [0, 0.05) is 29.0 Å². The summed E-state index contributed by atoms with van der Waals surface area (Å²) in [7, 11) is -0.878. The van der Waals surface area contributed by atoms with Gasteiger partial charge in [0.25, 0.3) is 0 Å². The maximum absolute atomic E-state index is 11.9. The SMILES string of the molecule is CCC(N)CS(=O)CC1Cc2ccccc2O1. The predicted molar refractivity (Wildman–Crippen MR) is 70.7 cm³/mol. The Morgan fingerprint density at radius 3 is 3.00 bits per heavy atom. The molecule has 0 aromatic heterocycles. The molecule has 0 saturated carbocycles. The Bertz CT molecular complexity index is 383. The highest BCUT2D eigenvalue weighted by Gasteiger charge is 2.24. The van der Waals surface area contributed by atoms with E-state index in [0.29, 0.717) is 11.5 Å². The Morgan fingerprint density at radius 1 is 1.53 bits per heavy atom. The Kier molecular flexibility index (Phi) is 4.18. The number of nitrogens with two attached hydrogens (primary N) is 1. The fraction of sp³-hybridized carbons (Fsp3) is 0.538. The van der Waals surface area contributed by atoms with Crippen molar-refractivity contribution in [3.63, 3.8) is 0 Å². The van der Waals surface area contributed by atoms with Crippen LogP contribution in [0.4, 0.5) is 0 Å². The first-order valence-corrected chi connectivity index (χ1v) is 7.53. The number of rotatable bonds is 5. The van der Waals surface area contributed by atoms with Crippen molar-refractivity contribution in [1.29, 1.82) is 0 Å². The van der Waals surface area contributed by atoms with E-state index in [4.69, 9.17) is 10.5 Å². The molecule has 0 aliphatic carbocycles. The topological polar surface area (TPSA) is 52.3 Å². The smallest absolute Gasteiger partial charge is 0.123 e. The minimum atomic E-state index is -0.878. The largest absolute Gasteiger partial charge is 0.489 e. The van der Waals surface area contributed by atoms with Crippen LogP contribution >= 0.6 is 0 Å². The minimum Gasteiger partial charge on any atom is -0.489 e. The Hall–Kier alpha value is -0.870. The van der Waals surface area contributed by atoms with Gasteiger partial charge in [0.1, 0.15) is 11.9 Å². The quantitative estimate of drug-likeness (QED) is 0.864. The lowest BCUT2D eigenvalue weighted by atomic mass is 10.1. The molecule has 0 radical (unpaired) electrons. The second-order valence-corrected chi connectivity index (χ2v) is 6.04. The van der Waals surface area contributed by atoms with E-state index >= 15 is 0 Å². The molecule has 1 aliphatic heterocycles. The van der Waals surface area contributed by atoms with Crippen LogP contribution < -0.4 is 10.5 Å². The van der Waals surface area contributed by atoms with Crippen molar-refractivity contribution in [1.82, 2.24) is 0 Å². The van der Waals surface area contributed by atoms with Gasteiger partial charge in [0.2, 0.25) is 0 Å². The zero-order valence-electron chi connectivity index (χ0n) is 10.1. The summed E-state index contributed by atoms with van der Waals surface area (Å²) in [4.78, 5) is 0. The second kappa shape index (κ2) is 5.65. The third-order valence-corrected chi connectivity index (χ3v) is 4.55. The molecule has 1 aromatic carbocycles. The van der Waals surface area contributed by atoms with Crippen molar-refractivity contribution in [2.75, 3.05) is 11.5 Å². The molecule has 3 nitrogen and oxygen atoms in total. The minimum absolute atomic E-state index is 0.0413. The predicted octanol–water partition coefficient (Wildman–Crippen LogP) is 1.48. The summed E-state index contributed by atoms with van der Waals surface area (Å²) < 4.78 is 17.6. The molecule has 0 fully saturated rings. The van der Waals surface area contributed by atoms with E-state index in [1.54, 1.807) is 0 Å². The van der Waals surface area contributed by atoms with Gasteiger partial charge in [-0.3, -0.25) is 4.21 Å². The van der Waals surface area contributed by atoms with Crippen LogP contribution in [0.15, 0.2) is 24.3 Å². The molecule has 0 bridgehead atoms. The van der Waals surface area contributed by atoms with Crippen LogP contribution in [0, 0.1) is 0 Å². The number of fused-ring (bicyclic) bond motifs is 1. The number of benzene rings is 1. The van der Waals surface area contributed by atoms with Gasteiger partial charge in [-0.25, -0.2) is 0 Å². The van der Waals surface area contributed by atoms with Crippen molar-refractivity contribution in [3.8, 4) is 5.75 Å². The summed E-state index contributed by atoms with van der Waals surface area (Å²) in [6.07, 6.45) is 1.79. The second-order valence-electron chi connectivity index (χ2n) is 4.49. The molecule has 94 valence electrons. The normalized spacial score (nSPS) is 21.6. The molecule has 3 atom stereocenters. The van der Waals surface area contributed by atoms with Crippen molar-refractivity contribution >= 4 is 10.8 Å². The first kappa shape index (κ1) is 12.6. The van der Waals surface area contributed by atoms with Crippen molar-refractivity contribution in [2.24, 2.45) is 5.73 Å². The highest BCUT2D eigenvalue weighted by molar-refractivity contribution is 7.85. The van der Waals surface area contributed by atoms with Gasteiger partial charge in [-0.15, -0.1) is 0 Å². The lowest BCUT2D eigenvalue weighted by molar-refractivity contribution is 0.258. The first-order chi connectivity index (χ1) is 8.19. The van der Waals surface area contributed by atoms with Gasteiger partial charge in [-0.1, -0.05) is 25.1 Å². The van der Waals surface area contributed by atoms with Crippen molar-refractivity contribution in [3.05, 3.63) is 29.8 Å². The zero-order valence-corrected chi connectivity index (χ0v) is 10.9. The van der Waals surface area contributed by atoms with Crippen LogP contribution in [0.3, 0.4) is 0 Å². The number of hydrogen-bond acceptors (Lipinski definition) is 3. The molecule has 17 heavy (non-hydrogen) atoms.